The maximum Gasteiger partial charge on any atom is 0.282 e. The van der Waals surface area contributed by atoms with Crippen LogP contribution in [0, 0.1) is 15.9 Å². The van der Waals surface area contributed by atoms with Gasteiger partial charge in [-0.25, -0.2) is 4.39 Å². The van der Waals surface area contributed by atoms with Crippen molar-refractivity contribution in [3.8, 4) is 0 Å². The van der Waals surface area contributed by atoms with Crippen LogP contribution >= 0.6 is 0 Å². The van der Waals surface area contributed by atoms with Gasteiger partial charge in [0.2, 0.25) is 0 Å². The van der Waals surface area contributed by atoms with Crippen LogP contribution in [0.15, 0.2) is 18.2 Å². The Morgan fingerprint density at radius 2 is 2.06 bits per heavy atom. The van der Waals surface area contributed by atoms with Crippen LogP contribution in [0.5, 0.6) is 0 Å². The van der Waals surface area contributed by atoms with Crippen molar-refractivity contribution in [2.45, 2.75) is 6.04 Å². The molecular formula is C10H11FN2O5. The first-order chi connectivity index (χ1) is 8.49. The predicted octanol–water partition coefficient (Wildman–Crippen LogP) is -0.183. The number of hydrogen-bond donors (Lipinski definition) is 3. The Balaban J connectivity index is 3.03. The molecule has 0 aliphatic carbocycles. The SMILES string of the molecule is O=C(NC(CO)CO)c1cc(F)ccc1[N+](=O)[O-]. The number of benzene rings is 1. The maximum absolute atomic E-state index is 13.0. The van der Waals surface area contributed by atoms with Crippen LogP contribution in [0.1, 0.15) is 10.4 Å². The van der Waals surface area contributed by atoms with E-state index < -0.39 is 47.2 Å². The predicted molar refractivity (Wildman–Crippen MR) is 58.5 cm³/mol. The number of amides is 1. The van der Waals surface area contributed by atoms with Gasteiger partial charge in [-0.05, 0) is 12.1 Å². The Kier molecular flexibility index (Phi) is 4.69. The molecule has 1 aromatic rings. The molecule has 0 aliphatic rings. The molecule has 0 fully saturated rings. The van der Waals surface area contributed by atoms with Crippen LogP contribution in [-0.2, 0) is 0 Å². The lowest BCUT2D eigenvalue weighted by Crippen LogP contribution is -2.40. The second kappa shape index (κ2) is 6.03. The van der Waals surface area contributed by atoms with Crippen molar-refractivity contribution in [2.24, 2.45) is 0 Å². The van der Waals surface area contributed by atoms with E-state index in [-0.39, 0.29) is 0 Å². The highest BCUT2D eigenvalue weighted by atomic mass is 19.1. The maximum atomic E-state index is 13.0. The monoisotopic (exact) mass is 258 g/mol. The summed E-state index contributed by atoms with van der Waals surface area (Å²) < 4.78 is 13.0. The number of nitro groups is 1. The second-order valence-corrected chi connectivity index (χ2v) is 3.45. The van der Waals surface area contributed by atoms with Gasteiger partial charge in [-0.2, -0.15) is 0 Å². The zero-order valence-electron chi connectivity index (χ0n) is 9.17. The third kappa shape index (κ3) is 3.22. The van der Waals surface area contributed by atoms with E-state index in [1.54, 1.807) is 0 Å². The van der Waals surface area contributed by atoms with Gasteiger partial charge in [-0.1, -0.05) is 0 Å². The van der Waals surface area contributed by atoms with Crippen molar-refractivity contribution in [3.63, 3.8) is 0 Å². The zero-order valence-corrected chi connectivity index (χ0v) is 9.17. The molecule has 0 aromatic heterocycles. The molecule has 0 saturated carbocycles. The highest BCUT2D eigenvalue weighted by molar-refractivity contribution is 5.98. The number of aliphatic hydroxyl groups excluding tert-OH is 2. The standard InChI is InChI=1S/C10H11FN2O5/c11-6-1-2-9(13(17)18)8(3-6)10(16)12-7(4-14)5-15/h1-3,7,14-15H,4-5H2,(H,12,16). The number of hydrogen-bond acceptors (Lipinski definition) is 5. The van der Waals surface area contributed by atoms with Gasteiger partial charge >= 0.3 is 0 Å². The van der Waals surface area contributed by atoms with Crippen LogP contribution in [-0.4, -0.2) is 40.3 Å². The molecule has 18 heavy (non-hydrogen) atoms. The van der Waals surface area contributed by atoms with E-state index in [1.807, 2.05) is 0 Å². The number of nitro benzene ring substituents is 1. The van der Waals surface area contributed by atoms with Crippen molar-refractivity contribution in [2.75, 3.05) is 13.2 Å². The van der Waals surface area contributed by atoms with Gasteiger partial charge < -0.3 is 15.5 Å². The summed E-state index contributed by atoms with van der Waals surface area (Å²) >= 11 is 0. The van der Waals surface area contributed by atoms with Gasteiger partial charge in [0.25, 0.3) is 11.6 Å². The van der Waals surface area contributed by atoms with E-state index in [1.165, 1.54) is 0 Å². The van der Waals surface area contributed by atoms with E-state index in [9.17, 15) is 19.3 Å². The quantitative estimate of drug-likeness (QED) is 0.500. The lowest BCUT2D eigenvalue weighted by molar-refractivity contribution is -0.385. The van der Waals surface area contributed by atoms with Gasteiger partial charge in [-0.15, -0.1) is 0 Å². The molecule has 0 atom stereocenters. The fraction of sp³-hybridized carbons (Fsp3) is 0.300. The average Bonchev–Trinajstić information content (AvgIpc) is 2.35. The molecule has 8 heteroatoms. The highest BCUT2D eigenvalue weighted by Gasteiger charge is 2.22. The first-order valence-electron chi connectivity index (χ1n) is 4.96. The van der Waals surface area contributed by atoms with Crippen LogP contribution in [0.3, 0.4) is 0 Å². The van der Waals surface area contributed by atoms with E-state index in [0.29, 0.717) is 0 Å². The molecule has 0 aliphatic heterocycles. The minimum absolute atomic E-state index is 0.466. The van der Waals surface area contributed by atoms with E-state index in [0.717, 1.165) is 18.2 Å². The first kappa shape index (κ1) is 14.0. The molecule has 98 valence electrons. The summed E-state index contributed by atoms with van der Waals surface area (Å²) in [7, 11) is 0. The molecule has 0 bridgehead atoms. The second-order valence-electron chi connectivity index (χ2n) is 3.45. The normalized spacial score (nSPS) is 10.4. The number of rotatable bonds is 5. The number of nitrogens with zero attached hydrogens (tertiary/aromatic N) is 1. The van der Waals surface area contributed by atoms with Crippen LogP contribution in [0.4, 0.5) is 10.1 Å². The Hall–Kier alpha value is -2.06. The molecule has 0 spiro atoms. The highest BCUT2D eigenvalue weighted by Crippen LogP contribution is 2.19. The molecule has 0 radical (unpaired) electrons. The largest absolute Gasteiger partial charge is 0.394 e. The Morgan fingerprint density at radius 1 is 1.44 bits per heavy atom. The van der Waals surface area contributed by atoms with Gasteiger partial charge in [0, 0.05) is 6.07 Å². The third-order valence-corrected chi connectivity index (χ3v) is 2.18. The van der Waals surface area contributed by atoms with Crippen LogP contribution in [0.25, 0.3) is 0 Å². The fourth-order valence-corrected chi connectivity index (χ4v) is 1.26. The summed E-state index contributed by atoms with van der Waals surface area (Å²) in [6.45, 7) is -1.07. The summed E-state index contributed by atoms with van der Waals surface area (Å²) in [5.74, 6) is -1.73. The number of carbonyl (C=O) groups is 1. The van der Waals surface area contributed by atoms with Crippen LogP contribution in [0.2, 0.25) is 0 Å². The Bertz CT molecular complexity index is 462. The Labute approximate surface area is 101 Å². The van der Waals surface area contributed by atoms with Crippen molar-refractivity contribution < 1.29 is 24.3 Å². The summed E-state index contributed by atoms with van der Waals surface area (Å²) in [5.41, 5.74) is -1.02. The van der Waals surface area contributed by atoms with E-state index in [4.69, 9.17) is 10.2 Å². The lowest BCUT2D eigenvalue weighted by atomic mass is 10.1. The van der Waals surface area contributed by atoms with Crippen molar-refractivity contribution in [3.05, 3.63) is 39.7 Å². The molecule has 0 heterocycles. The summed E-state index contributed by atoms with van der Waals surface area (Å²) in [4.78, 5) is 21.5. The van der Waals surface area contributed by atoms with Crippen molar-refractivity contribution >= 4 is 11.6 Å². The molecule has 0 unspecified atom stereocenters. The molecule has 1 aromatic carbocycles. The van der Waals surface area contributed by atoms with Crippen LogP contribution < -0.4 is 5.32 Å². The fourth-order valence-electron chi connectivity index (χ4n) is 1.26. The molecular weight excluding hydrogens is 247 g/mol. The summed E-state index contributed by atoms with van der Waals surface area (Å²) in [5, 5.41) is 30.4. The van der Waals surface area contributed by atoms with E-state index >= 15 is 0 Å². The van der Waals surface area contributed by atoms with Gasteiger partial charge in [-0.3, -0.25) is 14.9 Å². The summed E-state index contributed by atoms with van der Waals surface area (Å²) in [6.07, 6.45) is 0. The number of halogens is 1. The molecule has 1 rings (SSSR count). The molecule has 0 saturated heterocycles. The molecule has 7 nitrogen and oxygen atoms in total. The lowest BCUT2D eigenvalue weighted by Gasteiger charge is -2.13. The van der Waals surface area contributed by atoms with Crippen molar-refractivity contribution in [1.82, 2.24) is 5.32 Å². The molecule has 3 N–H and O–H groups in total. The first-order valence-corrected chi connectivity index (χ1v) is 4.96. The van der Waals surface area contributed by atoms with E-state index in [2.05, 4.69) is 5.32 Å². The Morgan fingerprint density at radius 3 is 2.56 bits per heavy atom. The zero-order chi connectivity index (χ0) is 13.7. The average molecular weight is 258 g/mol. The third-order valence-electron chi connectivity index (χ3n) is 2.18. The smallest absolute Gasteiger partial charge is 0.282 e. The number of aliphatic hydroxyl groups is 2. The van der Waals surface area contributed by atoms with Gasteiger partial charge in [0.15, 0.2) is 0 Å². The minimum Gasteiger partial charge on any atom is -0.394 e. The number of carbonyl (C=O) groups excluding carboxylic acids is 1. The minimum atomic E-state index is -0.958. The number of nitrogens with one attached hydrogen (secondary N) is 1. The van der Waals surface area contributed by atoms with Crippen molar-refractivity contribution in [1.29, 1.82) is 0 Å². The topological polar surface area (TPSA) is 113 Å². The van der Waals surface area contributed by atoms with Gasteiger partial charge in [0.1, 0.15) is 11.4 Å². The van der Waals surface area contributed by atoms with Gasteiger partial charge in [0.05, 0.1) is 24.2 Å². The molecule has 1 amide bonds. The summed E-state index contributed by atoms with van der Waals surface area (Å²) in [6, 6.07) is 1.50.